The number of nitrogens with zero attached hydrogens (tertiary/aromatic N) is 5. The number of aromatic nitrogens is 4. The lowest BCUT2D eigenvalue weighted by atomic mass is 9.97. The molecular formula is C20H24FN5O. The van der Waals surface area contributed by atoms with E-state index in [1.807, 2.05) is 6.07 Å². The second-order valence-corrected chi connectivity index (χ2v) is 7.72. The number of halogens is 1. The number of para-hydroxylation sites is 1. The minimum absolute atomic E-state index is 0.253. The van der Waals surface area contributed by atoms with Crippen molar-refractivity contribution in [3.05, 3.63) is 41.6 Å². The topological polar surface area (TPSA) is 60.0 Å². The highest BCUT2D eigenvalue weighted by molar-refractivity contribution is 5.76. The molecule has 0 spiro atoms. The second kappa shape index (κ2) is 6.71. The van der Waals surface area contributed by atoms with Crippen molar-refractivity contribution in [3.8, 4) is 0 Å². The number of aryl methyl sites for hydroxylation is 1. The molecule has 2 aliphatic rings. The molecule has 7 heteroatoms. The van der Waals surface area contributed by atoms with Crippen molar-refractivity contribution < 1.29 is 8.91 Å². The van der Waals surface area contributed by atoms with Gasteiger partial charge in [-0.3, -0.25) is 4.90 Å². The van der Waals surface area contributed by atoms with Crippen molar-refractivity contribution >= 4 is 11.0 Å². The van der Waals surface area contributed by atoms with Gasteiger partial charge >= 0.3 is 0 Å². The smallest absolute Gasteiger partial charge is 0.229 e. The van der Waals surface area contributed by atoms with Crippen molar-refractivity contribution in [2.24, 2.45) is 0 Å². The summed E-state index contributed by atoms with van der Waals surface area (Å²) in [5.74, 6) is 3.11. The maximum Gasteiger partial charge on any atom is 0.229 e. The molecule has 5 rings (SSSR count). The first-order chi connectivity index (χ1) is 13.2. The third-order valence-corrected chi connectivity index (χ3v) is 5.74. The molecule has 27 heavy (non-hydrogen) atoms. The number of hydrogen-bond donors (Lipinski definition) is 0. The van der Waals surface area contributed by atoms with Crippen molar-refractivity contribution in [1.29, 1.82) is 0 Å². The minimum Gasteiger partial charge on any atom is -0.339 e. The Kier molecular flexibility index (Phi) is 4.19. The average Bonchev–Trinajstić information content (AvgIpc) is 3.29. The first-order valence-corrected chi connectivity index (χ1v) is 9.92. The molecule has 6 nitrogen and oxygen atoms in total. The predicted molar refractivity (Wildman–Crippen MR) is 98.9 cm³/mol. The molecule has 0 amide bonds. The average molecular weight is 369 g/mol. The molecule has 0 N–H and O–H groups in total. The van der Waals surface area contributed by atoms with E-state index in [0.717, 1.165) is 55.5 Å². The molecule has 0 radical (unpaired) electrons. The monoisotopic (exact) mass is 369 g/mol. The lowest BCUT2D eigenvalue weighted by Gasteiger charge is -2.30. The Morgan fingerprint density at radius 3 is 2.89 bits per heavy atom. The lowest BCUT2D eigenvalue weighted by Crippen LogP contribution is -2.35. The van der Waals surface area contributed by atoms with Crippen LogP contribution in [0.1, 0.15) is 62.0 Å². The van der Waals surface area contributed by atoms with Gasteiger partial charge in [0.2, 0.25) is 5.89 Å². The summed E-state index contributed by atoms with van der Waals surface area (Å²) >= 11 is 0. The summed E-state index contributed by atoms with van der Waals surface area (Å²) in [6.45, 7) is 5.47. The third-order valence-electron chi connectivity index (χ3n) is 5.74. The van der Waals surface area contributed by atoms with Crippen LogP contribution in [0.25, 0.3) is 11.0 Å². The lowest BCUT2D eigenvalue weighted by molar-refractivity contribution is 0.189. The fraction of sp³-hybridized carbons (Fsp3) is 0.550. The molecule has 142 valence electrons. The second-order valence-electron chi connectivity index (χ2n) is 7.72. The maximum atomic E-state index is 14.1. The molecule has 1 aliphatic heterocycles. The molecule has 2 fully saturated rings. The molecule has 0 bridgehead atoms. The van der Waals surface area contributed by atoms with Crippen LogP contribution in [0.3, 0.4) is 0 Å². The fourth-order valence-electron chi connectivity index (χ4n) is 4.15. The number of hydrogen-bond acceptors (Lipinski definition) is 5. The van der Waals surface area contributed by atoms with Crippen molar-refractivity contribution in [1.82, 2.24) is 24.6 Å². The van der Waals surface area contributed by atoms with Crippen LogP contribution in [-0.2, 0) is 13.1 Å². The summed E-state index contributed by atoms with van der Waals surface area (Å²) < 4.78 is 21.7. The van der Waals surface area contributed by atoms with Gasteiger partial charge in [-0.2, -0.15) is 4.98 Å². The molecule has 1 saturated heterocycles. The Morgan fingerprint density at radius 2 is 2.07 bits per heavy atom. The summed E-state index contributed by atoms with van der Waals surface area (Å²) in [6.07, 6.45) is 4.52. The van der Waals surface area contributed by atoms with E-state index >= 15 is 0 Å². The van der Waals surface area contributed by atoms with E-state index in [9.17, 15) is 4.39 Å². The molecule has 3 aromatic rings. The number of benzene rings is 1. The van der Waals surface area contributed by atoms with Crippen molar-refractivity contribution in [2.45, 2.75) is 57.5 Å². The van der Waals surface area contributed by atoms with Gasteiger partial charge in [0.1, 0.15) is 11.3 Å². The molecular weight excluding hydrogens is 345 g/mol. The molecule has 1 saturated carbocycles. The summed E-state index contributed by atoms with van der Waals surface area (Å²) in [4.78, 5) is 11.6. The number of rotatable bonds is 5. The molecule has 1 atom stereocenters. The highest BCUT2D eigenvalue weighted by Gasteiger charge is 2.32. The standard InChI is InChI=1S/C20H24FN5O/c1-2-26-16-7-3-6-15(21)18(16)22-17(26)12-25-10-4-5-14(11-25)19-23-20(27-24-19)13-8-9-13/h3,6-7,13-14H,2,4-5,8-12H2,1H3/t14-/m1/s1. The highest BCUT2D eigenvalue weighted by atomic mass is 19.1. The molecule has 1 aromatic carbocycles. The summed E-state index contributed by atoms with van der Waals surface area (Å²) in [7, 11) is 0. The Morgan fingerprint density at radius 1 is 1.19 bits per heavy atom. The number of likely N-dealkylation sites (tertiary alicyclic amines) is 1. The zero-order valence-corrected chi connectivity index (χ0v) is 15.6. The van der Waals surface area contributed by atoms with Crippen molar-refractivity contribution in [2.75, 3.05) is 13.1 Å². The highest BCUT2D eigenvalue weighted by Crippen LogP contribution is 2.39. The van der Waals surface area contributed by atoms with E-state index in [2.05, 4.69) is 31.5 Å². The first-order valence-electron chi connectivity index (χ1n) is 9.92. The van der Waals surface area contributed by atoms with Gasteiger partial charge in [0.15, 0.2) is 11.6 Å². The van der Waals surface area contributed by atoms with E-state index in [-0.39, 0.29) is 5.82 Å². The normalized spacial score (nSPS) is 21.2. The SMILES string of the molecule is CCn1c(CN2CCC[C@@H](c3noc(C4CC4)n3)C2)nc2c(F)cccc21. The summed E-state index contributed by atoms with van der Waals surface area (Å²) in [5, 5.41) is 4.24. The zero-order valence-electron chi connectivity index (χ0n) is 15.6. The van der Waals surface area contributed by atoms with Gasteiger partial charge in [0, 0.05) is 24.9 Å². The molecule has 2 aromatic heterocycles. The summed E-state index contributed by atoms with van der Waals surface area (Å²) in [5.41, 5.74) is 1.34. The van der Waals surface area contributed by atoms with Crippen LogP contribution in [0.5, 0.6) is 0 Å². The van der Waals surface area contributed by atoms with E-state index in [1.165, 1.54) is 18.9 Å². The van der Waals surface area contributed by atoms with Crippen LogP contribution in [0.4, 0.5) is 4.39 Å². The van der Waals surface area contributed by atoms with Gasteiger partial charge < -0.3 is 9.09 Å². The van der Waals surface area contributed by atoms with Crippen LogP contribution < -0.4 is 0 Å². The van der Waals surface area contributed by atoms with Crippen LogP contribution in [0, 0.1) is 5.82 Å². The van der Waals surface area contributed by atoms with Crippen molar-refractivity contribution in [3.63, 3.8) is 0 Å². The Balaban J connectivity index is 1.35. The quantitative estimate of drug-likeness (QED) is 0.684. The Hall–Kier alpha value is -2.28. The van der Waals surface area contributed by atoms with E-state index in [4.69, 9.17) is 4.52 Å². The summed E-state index contributed by atoms with van der Waals surface area (Å²) in [6, 6.07) is 5.17. The van der Waals surface area contributed by atoms with Crippen LogP contribution in [0.15, 0.2) is 22.7 Å². The van der Waals surface area contributed by atoms with E-state index < -0.39 is 0 Å². The predicted octanol–water partition coefficient (Wildman–Crippen LogP) is 3.84. The Bertz CT molecular complexity index is 961. The number of imidazole rings is 1. The van der Waals surface area contributed by atoms with Gasteiger partial charge in [-0.1, -0.05) is 11.2 Å². The van der Waals surface area contributed by atoms with E-state index in [0.29, 0.717) is 23.9 Å². The molecule has 1 aliphatic carbocycles. The van der Waals surface area contributed by atoms with Gasteiger partial charge in [-0.15, -0.1) is 0 Å². The van der Waals surface area contributed by atoms with E-state index in [1.54, 1.807) is 6.07 Å². The maximum absolute atomic E-state index is 14.1. The first kappa shape index (κ1) is 16.9. The zero-order chi connectivity index (χ0) is 18.4. The largest absolute Gasteiger partial charge is 0.339 e. The molecule has 3 heterocycles. The third kappa shape index (κ3) is 3.14. The fourth-order valence-corrected chi connectivity index (χ4v) is 4.15. The number of piperidine rings is 1. The van der Waals surface area contributed by atoms with Gasteiger partial charge in [-0.25, -0.2) is 9.37 Å². The van der Waals surface area contributed by atoms with Gasteiger partial charge in [0.25, 0.3) is 0 Å². The van der Waals surface area contributed by atoms with Crippen LogP contribution >= 0.6 is 0 Å². The minimum atomic E-state index is -0.253. The van der Waals surface area contributed by atoms with Gasteiger partial charge in [0.05, 0.1) is 12.1 Å². The molecule has 0 unspecified atom stereocenters. The van der Waals surface area contributed by atoms with Gasteiger partial charge in [-0.05, 0) is 51.3 Å². The Labute approximate surface area is 157 Å². The van der Waals surface area contributed by atoms with Crippen LogP contribution in [-0.4, -0.2) is 37.7 Å². The number of fused-ring (bicyclic) bond motifs is 1. The van der Waals surface area contributed by atoms with Crippen LogP contribution in [0.2, 0.25) is 0 Å².